The van der Waals surface area contributed by atoms with Crippen molar-refractivity contribution in [3.63, 3.8) is 0 Å². The Morgan fingerprint density at radius 2 is 2.04 bits per heavy atom. The van der Waals surface area contributed by atoms with Crippen LogP contribution < -0.4 is 0 Å². The van der Waals surface area contributed by atoms with E-state index in [-0.39, 0.29) is 23.8 Å². The van der Waals surface area contributed by atoms with Crippen molar-refractivity contribution in [2.24, 2.45) is 0 Å². The summed E-state index contributed by atoms with van der Waals surface area (Å²) in [7, 11) is 0. The lowest BCUT2D eigenvalue weighted by molar-refractivity contribution is -0.0908. The van der Waals surface area contributed by atoms with Crippen LogP contribution in [0.5, 0.6) is 0 Å². The minimum absolute atomic E-state index is 0.0930. The first-order valence-corrected chi connectivity index (χ1v) is 9.64. The highest BCUT2D eigenvalue weighted by Crippen LogP contribution is 2.32. The number of rotatable bonds is 1. The maximum Gasteiger partial charge on any atom is 0.410 e. The molecule has 0 unspecified atom stereocenters. The van der Waals surface area contributed by atoms with Crippen molar-refractivity contribution >= 4 is 6.09 Å². The zero-order valence-electron chi connectivity index (χ0n) is 17.2. The summed E-state index contributed by atoms with van der Waals surface area (Å²) in [6.07, 6.45) is -0.506. The van der Waals surface area contributed by atoms with E-state index in [9.17, 15) is 14.4 Å². The van der Waals surface area contributed by atoms with Gasteiger partial charge in [0.25, 0.3) is 0 Å². The average molecular weight is 389 g/mol. The number of aryl methyl sites for hydroxylation is 1. The predicted octanol–water partition coefficient (Wildman–Crippen LogP) is 3.31. The summed E-state index contributed by atoms with van der Waals surface area (Å²) in [6.45, 7) is 12.0. The van der Waals surface area contributed by atoms with Crippen LogP contribution in [0.25, 0.3) is 0 Å². The Kier molecular flexibility index (Phi) is 5.64. The van der Waals surface area contributed by atoms with E-state index in [4.69, 9.17) is 9.47 Å². The van der Waals surface area contributed by atoms with Gasteiger partial charge in [-0.3, -0.25) is 4.90 Å². The third-order valence-electron chi connectivity index (χ3n) is 5.35. The van der Waals surface area contributed by atoms with Gasteiger partial charge in [0.15, 0.2) is 0 Å². The lowest BCUT2D eigenvalue weighted by Crippen LogP contribution is -2.60. The van der Waals surface area contributed by atoms with Gasteiger partial charge in [-0.05, 0) is 51.3 Å². The predicted molar refractivity (Wildman–Crippen MR) is 102 cm³/mol. The van der Waals surface area contributed by atoms with Crippen LogP contribution in [0.15, 0.2) is 6.07 Å². The molecule has 6 nitrogen and oxygen atoms in total. The molecule has 2 fully saturated rings. The Morgan fingerprint density at radius 1 is 1.32 bits per heavy atom. The van der Waals surface area contributed by atoms with Crippen molar-refractivity contribution in [2.75, 3.05) is 32.8 Å². The molecule has 2 aliphatic heterocycles. The number of hydrogen-bond acceptors (Lipinski definition) is 5. The van der Waals surface area contributed by atoms with Crippen LogP contribution in [0.3, 0.4) is 0 Å². The van der Waals surface area contributed by atoms with Gasteiger partial charge in [-0.15, -0.1) is 0 Å². The molecule has 7 heteroatoms. The molecule has 0 aliphatic carbocycles. The first-order chi connectivity index (χ1) is 13.1. The molecule has 0 bridgehead atoms. The van der Waals surface area contributed by atoms with Crippen LogP contribution in [-0.2, 0) is 9.47 Å². The number of fused-ring (bicyclic) bond motifs is 1. The molecule has 2 saturated heterocycles. The van der Waals surface area contributed by atoms with E-state index in [1.165, 1.54) is 0 Å². The number of ether oxygens (including phenoxy) is 2. The summed E-state index contributed by atoms with van der Waals surface area (Å²) in [6, 6.07) is 3.87. The third-order valence-corrected chi connectivity index (χ3v) is 5.35. The average Bonchev–Trinajstić information content (AvgIpc) is 2.63. The molecule has 2 aliphatic rings. The van der Waals surface area contributed by atoms with Crippen LogP contribution in [0.2, 0.25) is 0 Å². The van der Waals surface area contributed by atoms with Gasteiger partial charge in [-0.25, -0.2) is 9.18 Å². The molecular weight excluding hydrogens is 361 g/mol. The smallest absolute Gasteiger partial charge is 0.410 e. The van der Waals surface area contributed by atoms with Crippen LogP contribution in [0, 0.1) is 31.0 Å². The normalized spacial score (nSPS) is 23.1. The maximum atomic E-state index is 14.2. The van der Waals surface area contributed by atoms with E-state index in [2.05, 4.69) is 4.90 Å². The van der Waals surface area contributed by atoms with Crippen molar-refractivity contribution in [3.8, 4) is 6.07 Å². The summed E-state index contributed by atoms with van der Waals surface area (Å²) in [5, 5.41) is 9.31. The Morgan fingerprint density at radius 3 is 2.68 bits per heavy atom. The van der Waals surface area contributed by atoms with E-state index in [1.54, 1.807) is 24.8 Å². The van der Waals surface area contributed by atoms with Crippen molar-refractivity contribution in [3.05, 3.63) is 34.1 Å². The number of carbonyl (C=O) groups excluding carboxylic acids is 1. The van der Waals surface area contributed by atoms with E-state index >= 15 is 0 Å². The fourth-order valence-corrected chi connectivity index (χ4v) is 3.84. The SMILES string of the molecule is Cc1cc([C@@H]2CN3CCN(C(=O)OC(C)(C)C)C[C@H]3CO2)c(C)c(C#N)c1F. The number of morpholine rings is 1. The molecule has 28 heavy (non-hydrogen) atoms. The summed E-state index contributed by atoms with van der Waals surface area (Å²) < 4.78 is 25.8. The number of halogens is 1. The lowest BCUT2D eigenvalue weighted by Gasteiger charge is -2.46. The van der Waals surface area contributed by atoms with Crippen molar-refractivity contribution in [1.82, 2.24) is 9.80 Å². The summed E-state index contributed by atoms with van der Waals surface area (Å²) in [4.78, 5) is 16.4. The molecule has 1 amide bonds. The van der Waals surface area contributed by atoms with E-state index < -0.39 is 11.4 Å². The molecule has 0 spiro atoms. The zero-order valence-corrected chi connectivity index (χ0v) is 17.2. The minimum Gasteiger partial charge on any atom is -0.444 e. The number of hydrogen-bond donors (Lipinski definition) is 0. The van der Waals surface area contributed by atoms with Gasteiger partial charge in [-0.2, -0.15) is 5.26 Å². The maximum absolute atomic E-state index is 14.2. The van der Waals surface area contributed by atoms with E-state index in [0.717, 1.165) is 12.1 Å². The zero-order chi connectivity index (χ0) is 20.6. The van der Waals surface area contributed by atoms with Crippen molar-refractivity contribution in [2.45, 2.75) is 52.4 Å². The van der Waals surface area contributed by atoms with Gasteiger partial charge in [0.2, 0.25) is 0 Å². The summed E-state index contributed by atoms with van der Waals surface area (Å²) in [5.74, 6) is -0.455. The highest BCUT2D eigenvalue weighted by molar-refractivity contribution is 5.68. The molecule has 1 aromatic carbocycles. The minimum atomic E-state index is -0.515. The second-order valence-electron chi connectivity index (χ2n) is 8.61. The Hall–Kier alpha value is -2.17. The van der Waals surface area contributed by atoms with Crippen molar-refractivity contribution in [1.29, 1.82) is 5.26 Å². The fourth-order valence-electron chi connectivity index (χ4n) is 3.84. The highest BCUT2D eigenvalue weighted by atomic mass is 19.1. The summed E-state index contributed by atoms with van der Waals surface area (Å²) in [5.41, 5.74) is 1.54. The molecule has 0 aromatic heterocycles. The van der Waals surface area contributed by atoms with Gasteiger partial charge in [0.1, 0.15) is 17.5 Å². The van der Waals surface area contributed by atoms with Crippen molar-refractivity contribution < 1.29 is 18.7 Å². The Balaban J connectivity index is 1.70. The molecule has 152 valence electrons. The third kappa shape index (κ3) is 4.13. The molecular formula is C21H28FN3O3. The number of carbonyl (C=O) groups is 1. The first-order valence-electron chi connectivity index (χ1n) is 9.64. The highest BCUT2D eigenvalue weighted by Gasteiger charge is 2.37. The van der Waals surface area contributed by atoms with Crippen LogP contribution >= 0.6 is 0 Å². The molecule has 0 saturated carbocycles. The number of nitrogens with zero attached hydrogens (tertiary/aromatic N) is 3. The standard InChI is InChI=1S/C21H28FN3O3/c1-13-8-16(14(2)17(9-23)19(13)22)18-11-24-6-7-25(10-15(24)12-27-18)20(26)28-21(3,4)5/h8,15,18H,6-7,10-12H2,1-5H3/t15-,18-/m0/s1. The second kappa shape index (κ2) is 7.69. The number of piperazine rings is 1. The monoisotopic (exact) mass is 389 g/mol. The molecule has 2 atom stereocenters. The molecule has 3 rings (SSSR count). The quantitative estimate of drug-likeness (QED) is 0.737. The van der Waals surface area contributed by atoms with E-state index in [0.29, 0.717) is 37.4 Å². The Labute approximate surface area is 165 Å². The van der Waals surface area contributed by atoms with Gasteiger partial charge in [0.05, 0.1) is 24.3 Å². The van der Waals surface area contributed by atoms with Crippen LogP contribution in [0.1, 0.15) is 49.1 Å². The summed E-state index contributed by atoms with van der Waals surface area (Å²) >= 11 is 0. The van der Waals surface area contributed by atoms with E-state index in [1.807, 2.05) is 26.8 Å². The fraction of sp³-hybridized carbons (Fsp3) is 0.619. The molecule has 1 aromatic rings. The van der Waals surface area contributed by atoms with Gasteiger partial charge in [0, 0.05) is 26.2 Å². The lowest BCUT2D eigenvalue weighted by atomic mass is 9.94. The Bertz CT molecular complexity index is 813. The first kappa shape index (κ1) is 20.6. The van der Waals surface area contributed by atoms with Gasteiger partial charge >= 0.3 is 6.09 Å². The van der Waals surface area contributed by atoms with Gasteiger partial charge < -0.3 is 14.4 Å². The van der Waals surface area contributed by atoms with Crippen LogP contribution in [0.4, 0.5) is 9.18 Å². The largest absolute Gasteiger partial charge is 0.444 e. The van der Waals surface area contributed by atoms with Gasteiger partial charge in [-0.1, -0.05) is 6.07 Å². The number of nitriles is 1. The topological polar surface area (TPSA) is 65.8 Å². The molecule has 0 N–H and O–H groups in total. The molecule has 2 heterocycles. The second-order valence-corrected chi connectivity index (χ2v) is 8.61. The van der Waals surface area contributed by atoms with Crippen LogP contribution in [-0.4, -0.2) is 60.3 Å². The number of benzene rings is 1. The number of amides is 1. The molecule has 0 radical (unpaired) electrons.